The van der Waals surface area contributed by atoms with E-state index in [1.165, 1.54) is 13.1 Å². The maximum atomic E-state index is 11.1. The van der Waals surface area contributed by atoms with Gasteiger partial charge in [-0.25, -0.2) is 4.79 Å². The van der Waals surface area contributed by atoms with E-state index in [0.717, 1.165) is 10.1 Å². The Morgan fingerprint density at radius 3 is 2.75 bits per heavy atom. The van der Waals surface area contributed by atoms with Crippen molar-refractivity contribution in [2.24, 2.45) is 0 Å². The Morgan fingerprint density at radius 2 is 2.15 bits per heavy atom. The molecule has 20 heavy (non-hydrogen) atoms. The summed E-state index contributed by atoms with van der Waals surface area (Å²) in [4.78, 5) is 32.7. The number of rotatable bonds is 4. The van der Waals surface area contributed by atoms with Crippen molar-refractivity contribution < 1.29 is 24.2 Å². The number of esters is 1. The maximum Gasteiger partial charge on any atom is 0.416 e. The summed E-state index contributed by atoms with van der Waals surface area (Å²) in [5, 5.41) is 9.63. The van der Waals surface area contributed by atoms with Gasteiger partial charge in [0, 0.05) is 30.5 Å². The molecule has 0 saturated heterocycles. The SMILES string of the molecule is CC(=O)OCCc1ccc2c(c1)c(C=O)cn2C(=O)O. The minimum absolute atomic E-state index is 0.247. The number of nitrogens with zero attached hydrogens (tertiary/aromatic N) is 1. The van der Waals surface area contributed by atoms with Crippen LogP contribution in [0.15, 0.2) is 24.4 Å². The summed E-state index contributed by atoms with van der Waals surface area (Å²) in [6.45, 7) is 1.58. The van der Waals surface area contributed by atoms with Gasteiger partial charge in [-0.05, 0) is 17.7 Å². The fourth-order valence-electron chi connectivity index (χ4n) is 2.02. The Kier molecular flexibility index (Phi) is 3.84. The maximum absolute atomic E-state index is 11.1. The zero-order valence-corrected chi connectivity index (χ0v) is 10.8. The van der Waals surface area contributed by atoms with Gasteiger partial charge in [-0.1, -0.05) is 6.07 Å². The number of aromatic nitrogens is 1. The van der Waals surface area contributed by atoms with Gasteiger partial charge in [0.15, 0.2) is 6.29 Å². The van der Waals surface area contributed by atoms with Crippen molar-refractivity contribution in [3.8, 4) is 0 Å². The molecule has 0 saturated carbocycles. The van der Waals surface area contributed by atoms with Crippen LogP contribution in [-0.4, -0.2) is 34.6 Å². The van der Waals surface area contributed by atoms with E-state index < -0.39 is 6.09 Å². The third-order valence-electron chi connectivity index (χ3n) is 2.93. The van der Waals surface area contributed by atoms with Gasteiger partial charge in [-0.2, -0.15) is 0 Å². The van der Waals surface area contributed by atoms with E-state index in [9.17, 15) is 14.4 Å². The molecule has 104 valence electrons. The minimum Gasteiger partial charge on any atom is -0.466 e. The number of hydrogen-bond donors (Lipinski definition) is 1. The number of aldehydes is 1. The van der Waals surface area contributed by atoms with Gasteiger partial charge in [0.2, 0.25) is 0 Å². The molecule has 1 aromatic heterocycles. The number of carbonyl (C=O) groups is 3. The molecule has 0 amide bonds. The summed E-state index contributed by atoms with van der Waals surface area (Å²) in [6, 6.07) is 5.13. The van der Waals surface area contributed by atoms with E-state index in [2.05, 4.69) is 0 Å². The van der Waals surface area contributed by atoms with Gasteiger partial charge in [0.25, 0.3) is 0 Å². The highest BCUT2D eigenvalue weighted by Crippen LogP contribution is 2.22. The second-order valence-electron chi connectivity index (χ2n) is 4.30. The van der Waals surface area contributed by atoms with Crippen LogP contribution in [-0.2, 0) is 16.0 Å². The van der Waals surface area contributed by atoms with Crippen molar-refractivity contribution >= 4 is 29.3 Å². The van der Waals surface area contributed by atoms with E-state index in [1.54, 1.807) is 18.2 Å². The first-order valence-corrected chi connectivity index (χ1v) is 5.98. The molecule has 0 fully saturated rings. The molecule has 1 heterocycles. The number of ether oxygens (including phenoxy) is 1. The van der Waals surface area contributed by atoms with E-state index in [0.29, 0.717) is 29.2 Å². The van der Waals surface area contributed by atoms with Crippen LogP contribution in [0.3, 0.4) is 0 Å². The van der Waals surface area contributed by atoms with Crippen molar-refractivity contribution in [1.29, 1.82) is 0 Å². The number of carboxylic acid groups (broad SMARTS) is 1. The van der Waals surface area contributed by atoms with Crippen LogP contribution in [0.4, 0.5) is 4.79 Å². The summed E-state index contributed by atoms with van der Waals surface area (Å²) in [7, 11) is 0. The fourth-order valence-corrected chi connectivity index (χ4v) is 2.02. The van der Waals surface area contributed by atoms with Crippen LogP contribution >= 0.6 is 0 Å². The largest absolute Gasteiger partial charge is 0.466 e. The van der Waals surface area contributed by atoms with Gasteiger partial charge in [0.1, 0.15) is 0 Å². The van der Waals surface area contributed by atoms with Gasteiger partial charge < -0.3 is 9.84 Å². The predicted molar refractivity (Wildman–Crippen MR) is 71.1 cm³/mol. The van der Waals surface area contributed by atoms with Crippen LogP contribution in [0.2, 0.25) is 0 Å². The van der Waals surface area contributed by atoms with Crippen LogP contribution in [0.5, 0.6) is 0 Å². The zero-order chi connectivity index (χ0) is 14.7. The van der Waals surface area contributed by atoms with Gasteiger partial charge >= 0.3 is 12.1 Å². The lowest BCUT2D eigenvalue weighted by molar-refractivity contribution is -0.140. The second kappa shape index (κ2) is 5.56. The molecule has 0 aliphatic carbocycles. The van der Waals surface area contributed by atoms with Crippen LogP contribution in [0.25, 0.3) is 10.9 Å². The Hall–Kier alpha value is -2.63. The lowest BCUT2D eigenvalue weighted by Gasteiger charge is -2.03. The van der Waals surface area contributed by atoms with Crippen molar-refractivity contribution in [2.45, 2.75) is 13.3 Å². The average Bonchev–Trinajstić information content (AvgIpc) is 2.76. The molecule has 6 nitrogen and oxygen atoms in total. The third kappa shape index (κ3) is 2.69. The van der Waals surface area contributed by atoms with Gasteiger partial charge in [0.05, 0.1) is 12.1 Å². The first kappa shape index (κ1) is 13.8. The highest BCUT2D eigenvalue weighted by atomic mass is 16.5. The Labute approximate surface area is 114 Å². The molecular weight excluding hydrogens is 262 g/mol. The average molecular weight is 275 g/mol. The fraction of sp³-hybridized carbons (Fsp3) is 0.214. The summed E-state index contributed by atoms with van der Waals surface area (Å²) < 4.78 is 5.86. The molecule has 1 N–H and O–H groups in total. The van der Waals surface area contributed by atoms with Crippen molar-refractivity contribution in [3.63, 3.8) is 0 Å². The first-order chi connectivity index (χ1) is 9.52. The Balaban J connectivity index is 2.35. The monoisotopic (exact) mass is 275 g/mol. The summed E-state index contributed by atoms with van der Waals surface area (Å²) in [5.74, 6) is -0.350. The molecule has 0 unspecified atom stereocenters. The Morgan fingerprint density at radius 1 is 1.40 bits per heavy atom. The van der Waals surface area contributed by atoms with E-state index in [-0.39, 0.29) is 12.6 Å². The van der Waals surface area contributed by atoms with Gasteiger partial charge in [-0.15, -0.1) is 0 Å². The number of hydrogen-bond acceptors (Lipinski definition) is 4. The molecule has 0 atom stereocenters. The highest BCUT2D eigenvalue weighted by Gasteiger charge is 2.12. The lowest BCUT2D eigenvalue weighted by atomic mass is 10.1. The molecule has 0 aliphatic rings. The topological polar surface area (TPSA) is 85.6 Å². The molecule has 0 aliphatic heterocycles. The molecule has 2 aromatic rings. The van der Waals surface area contributed by atoms with E-state index >= 15 is 0 Å². The van der Waals surface area contributed by atoms with E-state index in [1.807, 2.05) is 0 Å². The molecule has 2 rings (SSSR count). The van der Waals surface area contributed by atoms with Crippen LogP contribution in [0.1, 0.15) is 22.8 Å². The van der Waals surface area contributed by atoms with Crippen molar-refractivity contribution in [1.82, 2.24) is 4.57 Å². The minimum atomic E-state index is -1.14. The van der Waals surface area contributed by atoms with E-state index in [4.69, 9.17) is 9.84 Å². The molecule has 6 heteroatoms. The number of fused-ring (bicyclic) bond motifs is 1. The molecule has 0 radical (unpaired) electrons. The Bertz CT molecular complexity index is 686. The molecule has 0 spiro atoms. The van der Waals surface area contributed by atoms with Gasteiger partial charge in [-0.3, -0.25) is 14.2 Å². The second-order valence-corrected chi connectivity index (χ2v) is 4.30. The highest BCUT2D eigenvalue weighted by molar-refractivity contribution is 6.01. The first-order valence-electron chi connectivity index (χ1n) is 5.98. The molecule has 0 bridgehead atoms. The lowest BCUT2D eigenvalue weighted by Crippen LogP contribution is -2.06. The number of carbonyl (C=O) groups excluding carboxylic acids is 2. The number of benzene rings is 1. The summed E-state index contributed by atoms with van der Waals surface area (Å²) in [5.41, 5.74) is 1.64. The zero-order valence-electron chi connectivity index (χ0n) is 10.8. The smallest absolute Gasteiger partial charge is 0.416 e. The predicted octanol–water partition coefficient (Wildman–Crippen LogP) is 2.09. The molecular formula is C14H13NO5. The summed E-state index contributed by atoms with van der Waals surface area (Å²) in [6.07, 6.45) is 1.27. The van der Waals surface area contributed by atoms with Crippen molar-refractivity contribution in [3.05, 3.63) is 35.5 Å². The quantitative estimate of drug-likeness (QED) is 0.682. The molecule has 1 aromatic carbocycles. The van der Waals surface area contributed by atoms with Crippen LogP contribution in [0, 0.1) is 0 Å². The van der Waals surface area contributed by atoms with Crippen LogP contribution < -0.4 is 0 Å². The normalized spacial score (nSPS) is 10.4. The van der Waals surface area contributed by atoms with Crippen molar-refractivity contribution in [2.75, 3.05) is 6.61 Å². The summed E-state index contributed by atoms with van der Waals surface area (Å²) >= 11 is 0. The standard InChI is InChI=1S/C14H13NO5/c1-9(17)20-5-4-10-2-3-13-12(6-10)11(8-16)7-15(13)14(18)19/h2-3,6-8H,4-5H2,1H3,(H,18,19). The third-order valence-corrected chi connectivity index (χ3v) is 2.93.